The van der Waals surface area contributed by atoms with Crippen LogP contribution in [0.4, 0.5) is 0 Å². The summed E-state index contributed by atoms with van der Waals surface area (Å²) in [7, 11) is -4.44. The van der Waals surface area contributed by atoms with Crippen LogP contribution in [0.5, 0.6) is 0 Å². The van der Waals surface area contributed by atoms with Crippen molar-refractivity contribution in [3.63, 3.8) is 0 Å². The third-order valence-electron chi connectivity index (χ3n) is 2.75. The van der Waals surface area contributed by atoms with Crippen LogP contribution in [-0.2, 0) is 19.6 Å². The van der Waals surface area contributed by atoms with Gasteiger partial charge < -0.3 is 10.1 Å². The van der Waals surface area contributed by atoms with Crippen molar-refractivity contribution in [2.45, 2.75) is 25.8 Å². The summed E-state index contributed by atoms with van der Waals surface area (Å²) >= 11 is 0. The van der Waals surface area contributed by atoms with Gasteiger partial charge in [-0.25, -0.2) is 4.79 Å². The maximum absolute atomic E-state index is 12.0. The predicted molar refractivity (Wildman–Crippen MR) is 80.0 cm³/mol. The van der Waals surface area contributed by atoms with Crippen molar-refractivity contribution in [3.8, 4) is 0 Å². The maximum atomic E-state index is 12.0. The molecule has 0 saturated carbocycles. The number of unbranched alkanes of at least 4 members (excludes halogenated alkanes) is 1. The quantitative estimate of drug-likeness (QED) is 0.418. The third-order valence-corrected chi connectivity index (χ3v) is 3.50. The number of hydrogen-bond acceptors (Lipinski definition) is 5. The van der Waals surface area contributed by atoms with Crippen LogP contribution in [0.25, 0.3) is 0 Å². The summed E-state index contributed by atoms with van der Waals surface area (Å²) in [6.45, 7) is 2.03. The Morgan fingerprint density at radius 2 is 1.91 bits per heavy atom. The Bertz CT molecular complexity index is 599. The third kappa shape index (κ3) is 6.68. The van der Waals surface area contributed by atoms with Gasteiger partial charge in [-0.05, 0) is 18.6 Å². The Hall–Kier alpha value is -1.93. The van der Waals surface area contributed by atoms with E-state index >= 15 is 0 Å². The maximum Gasteiger partial charge on any atom is 0.329 e. The summed E-state index contributed by atoms with van der Waals surface area (Å²) in [6.07, 6.45) is 1.42. The molecular weight excluding hydrogens is 310 g/mol. The van der Waals surface area contributed by atoms with Crippen molar-refractivity contribution in [2.75, 3.05) is 12.4 Å². The zero-order valence-corrected chi connectivity index (χ0v) is 13.0. The fourth-order valence-electron chi connectivity index (χ4n) is 1.63. The zero-order chi connectivity index (χ0) is 16.6. The minimum Gasteiger partial charge on any atom is -0.464 e. The highest BCUT2D eigenvalue weighted by atomic mass is 32.2. The summed E-state index contributed by atoms with van der Waals surface area (Å²) in [4.78, 5) is 23.8. The molecule has 22 heavy (non-hydrogen) atoms. The molecule has 1 aromatic rings. The molecule has 0 aromatic heterocycles. The molecule has 1 atom stereocenters. The van der Waals surface area contributed by atoms with E-state index in [1.54, 1.807) is 18.2 Å². The van der Waals surface area contributed by atoms with E-state index < -0.39 is 33.8 Å². The Labute approximate surface area is 129 Å². The first-order valence-corrected chi connectivity index (χ1v) is 8.42. The van der Waals surface area contributed by atoms with Gasteiger partial charge in [-0.15, -0.1) is 0 Å². The van der Waals surface area contributed by atoms with Crippen LogP contribution in [0.1, 0.15) is 30.1 Å². The molecule has 0 aliphatic carbocycles. The fourth-order valence-corrected chi connectivity index (χ4v) is 2.27. The smallest absolute Gasteiger partial charge is 0.329 e. The normalized spacial score (nSPS) is 12.5. The monoisotopic (exact) mass is 329 g/mol. The predicted octanol–water partition coefficient (Wildman–Crippen LogP) is 1.02. The van der Waals surface area contributed by atoms with Crippen molar-refractivity contribution in [3.05, 3.63) is 35.9 Å². The van der Waals surface area contributed by atoms with Gasteiger partial charge in [0.05, 0.1) is 6.61 Å². The van der Waals surface area contributed by atoms with E-state index in [4.69, 9.17) is 9.29 Å². The van der Waals surface area contributed by atoms with Gasteiger partial charge in [-0.2, -0.15) is 8.42 Å². The van der Waals surface area contributed by atoms with Crippen LogP contribution in [0.3, 0.4) is 0 Å². The van der Waals surface area contributed by atoms with Crippen molar-refractivity contribution in [2.24, 2.45) is 0 Å². The number of carbonyl (C=O) groups is 2. The highest BCUT2D eigenvalue weighted by molar-refractivity contribution is 7.85. The molecule has 7 nitrogen and oxygen atoms in total. The first-order chi connectivity index (χ1) is 10.3. The molecule has 0 unspecified atom stereocenters. The number of esters is 1. The van der Waals surface area contributed by atoms with Crippen LogP contribution in [0.2, 0.25) is 0 Å². The highest BCUT2D eigenvalue weighted by Gasteiger charge is 2.27. The molecule has 1 amide bonds. The number of carbonyl (C=O) groups excluding carboxylic acids is 2. The van der Waals surface area contributed by atoms with Crippen molar-refractivity contribution < 1.29 is 27.3 Å². The van der Waals surface area contributed by atoms with E-state index in [1.807, 2.05) is 6.92 Å². The van der Waals surface area contributed by atoms with E-state index in [2.05, 4.69) is 5.32 Å². The molecule has 0 radical (unpaired) electrons. The van der Waals surface area contributed by atoms with Crippen molar-refractivity contribution in [1.82, 2.24) is 5.32 Å². The molecule has 1 aromatic carbocycles. The lowest BCUT2D eigenvalue weighted by Gasteiger charge is -2.16. The largest absolute Gasteiger partial charge is 0.464 e. The molecule has 2 N–H and O–H groups in total. The number of benzene rings is 1. The van der Waals surface area contributed by atoms with Gasteiger partial charge in [0.15, 0.2) is 0 Å². The summed E-state index contributed by atoms with van der Waals surface area (Å²) in [5.41, 5.74) is 0.268. The van der Waals surface area contributed by atoms with Gasteiger partial charge in [-0.1, -0.05) is 31.5 Å². The minimum absolute atomic E-state index is 0.124. The lowest BCUT2D eigenvalue weighted by molar-refractivity contribution is -0.145. The molecule has 8 heteroatoms. The number of nitrogens with one attached hydrogen (secondary N) is 1. The number of hydrogen-bond donors (Lipinski definition) is 2. The summed E-state index contributed by atoms with van der Waals surface area (Å²) in [5, 5.41) is 2.26. The number of amides is 1. The summed E-state index contributed by atoms with van der Waals surface area (Å²) in [5.74, 6) is -2.45. The molecule has 0 heterocycles. The van der Waals surface area contributed by atoms with Crippen LogP contribution in [-0.4, -0.2) is 43.2 Å². The molecule has 1 rings (SSSR count). The van der Waals surface area contributed by atoms with Crippen LogP contribution in [0, 0.1) is 0 Å². The Morgan fingerprint density at radius 3 is 2.45 bits per heavy atom. The fraction of sp³-hybridized carbons (Fsp3) is 0.429. The van der Waals surface area contributed by atoms with E-state index in [1.165, 1.54) is 12.1 Å². The lowest BCUT2D eigenvalue weighted by Crippen LogP contribution is -2.46. The Morgan fingerprint density at radius 1 is 1.27 bits per heavy atom. The lowest BCUT2D eigenvalue weighted by atomic mass is 10.2. The number of ether oxygens (including phenoxy) is 1. The highest BCUT2D eigenvalue weighted by Crippen LogP contribution is 2.02. The molecular formula is C14H19NO6S. The van der Waals surface area contributed by atoms with E-state index in [0.29, 0.717) is 6.42 Å². The molecule has 0 aliphatic heterocycles. The average molecular weight is 329 g/mol. The molecule has 122 valence electrons. The Balaban J connectivity index is 2.77. The Kier molecular flexibility index (Phi) is 7.00. The van der Waals surface area contributed by atoms with Crippen LogP contribution in [0.15, 0.2) is 30.3 Å². The standard InChI is InChI=1S/C14H19NO6S/c1-2-3-9-21-14(17)12(10-22(18,19)20)15-13(16)11-7-5-4-6-8-11/h4-8,12H,2-3,9-10H2,1H3,(H,15,16)(H,18,19,20)/t12-/m0/s1. The van der Waals surface area contributed by atoms with Gasteiger partial charge in [0.1, 0.15) is 11.8 Å². The van der Waals surface area contributed by atoms with Crippen molar-refractivity contribution in [1.29, 1.82) is 0 Å². The molecule has 0 bridgehead atoms. The van der Waals surface area contributed by atoms with Gasteiger partial charge in [-0.3, -0.25) is 9.35 Å². The first-order valence-electron chi connectivity index (χ1n) is 6.81. The topological polar surface area (TPSA) is 110 Å². The number of rotatable bonds is 8. The van der Waals surface area contributed by atoms with Gasteiger partial charge >= 0.3 is 5.97 Å². The zero-order valence-electron chi connectivity index (χ0n) is 12.2. The minimum atomic E-state index is -4.44. The van der Waals surface area contributed by atoms with Crippen molar-refractivity contribution >= 4 is 22.0 Å². The van der Waals surface area contributed by atoms with E-state index in [-0.39, 0.29) is 12.2 Å². The second-order valence-corrected chi connectivity index (χ2v) is 6.16. The van der Waals surface area contributed by atoms with E-state index in [0.717, 1.165) is 6.42 Å². The molecule has 0 fully saturated rings. The molecule has 0 spiro atoms. The summed E-state index contributed by atoms with van der Waals surface area (Å²) < 4.78 is 35.8. The van der Waals surface area contributed by atoms with Crippen LogP contribution >= 0.6 is 0 Å². The van der Waals surface area contributed by atoms with E-state index in [9.17, 15) is 18.0 Å². The second kappa shape index (κ2) is 8.50. The van der Waals surface area contributed by atoms with Gasteiger partial charge in [0.25, 0.3) is 16.0 Å². The van der Waals surface area contributed by atoms with Gasteiger partial charge in [0, 0.05) is 5.56 Å². The first kappa shape index (κ1) is 18.1. The molecule has 0 saturated heterocycles. The second-order valence-electron chi connectivity index (χ2n) is 4.66. The van der Waals surface area contributed by atoms with Gasteiger partial charge in [0.2, 0.25) is 0 Å². The summed E-state index contributed by atoms with van der Waals surface area (Å²) in [6, 6.07) is 6.55. The molecule has 0 aliphatic rings. The SMILES string of the molecule is CCCCOC(=O)[C@H](CS(=O)(=O)O)NC(=O)c1ccccc1. The average Bonchev–Trinajstić information content (AvgIpc) is 2.46. The van der Waals surface area contributed by atoms with Crippen LogP contribution < -0.4 is 5.32 Å².